The van der Waals surface area contributed by atoms with Gasteiger partial charge in [0, 0.05) is 13.1 Å². The highest BCUT2D eigenvalue weighted by Crippen LogP contribution is 2.40. The van der Waals surface area contributed by atoms with E-state index in [-0.39, 0.29) is 12.5 Å². The molecule has 0 aliphatic carbocycles. The first kappa shape index (κ1) is 20.6. The quantitative estimate of drug-likeness (QED) is 0.650. The number of carbonyl (C=O) groups excluding carboxylic acids is 1. The predicted octanol–water partition coefficient (Wildman–Crippen LogP) is 3.43. The Labute approximate surface area is 180 Å². The molecule has 0 spiro atoms. The van der Waals surface area contributed by atoms with Crippen molar-refractivity contribution in [2.24, 2.45) is 0 Å². The Hall–Kier alpha value is -3.68. The molecule has 0 atom stereocenters. The number of carbonyl (C=O) groups is 1. The van der Waals surface area contributed by atoms with Crippen molar-refractivity contribution in [2.45, 2.75) is 13.5 Å². The SMILES string of the molecule is COc1ccc(-c2cc(C(=O)NCc3cc(C)on3)c3c(c2)N(C)CCO3)cc1OC. The fourth-order valence-electron chi connectivity index (χ4n) is 3.57. The lowest BCUT2D eigenvalue weighted by Gasteiger charge is -2.30. The van der Waals surface area contributed by atoms with Crippen molar-refractivity contribution in [1.29, 1.82) is 0 Å². The number of anilines is 1. The predicted molar refractivity (Wildman–Crippen MR) is 116 cm³/mol. The highest BCUT2D eigenvalue weighted by molar-refractivity contribution is 6.01. The van der Waals surface area contributed by atoms with E-state index in [4.69, 9.17) is 18.7 Å². The van der Waals surface area contributed by atoms with Gasteiger partial charge in [-0.2, -0.15) is 0 Å². The Kier molecular flexibility index (Phi) is 5.70. The summed E-state index contributed by atoms with van der Waals surface area (Å²) >= 11 is 0. The summed E-state index contributed by atoms with van der Waals surface area (Å²) in [7, 11) is 5.18. The van der Waals surface area contributed by atoms with Gasteiger partial charge < -0.3 is 29.0 Å². The van der Waals surface area contributed by atoms with Gasteiger partial charge in [-0.25, -0.2) is 0 Å². The average molecular weight is 423 g/mol. The van der Waals surface area contributed by atoms with Crippen LogP contribution in [-0.2, 0) is 6.54 Å². The Bertz CT molecular complexity index is 1110. The lowest BCUT2D eigenvalue weighted by Crippen LogP contribution is -2.31. The van der Waals surface area contributed by atoms with Crippen LogP contribution in [0.4, 0.5) is 5.69 Å². The van der Waals surface area contributed by atoms with Crippen LogP contribution in [0.3, 0.4) is 0 Å². The Morgan fingerprint density at radius 1 is 1.13 bits per heavy atom. The smallest absolute Gasteiger partial charge is 0.255 e. The number of fused-ring (bicyclic) bond motifs is 1. The van der Waals surface area contributed by atoms with Gasteiger partial charge in [-0.05, 0) is 42.3 Å². The van der Waals surface area contributed by atoms with E-state index in [0.717, 1.165) is 23.4 Å². The van der Waals surface area contributed by atoms with Crippen molar-refractivity contribution in [3.8, 4) is 28.4 Å². The molecular formula is C23H25N3O5. The number of rotatable bonds is 6. The summed E-state index contributed by atoms with van der Waals surface area (Å²) in [5.74, 6) is 2.30. The molecule has 1 N–H and O–H groups in total. The third-order valence-electron chi connectivity index (χ3n) is 5.22. The zero-order valence-electron chi connectivity index (χ0n) is 18.0. The summed E-state index contributed by atoms with van der Waals surface area (Å²) in [5, 5.41) is 6.83. The Balaban J connectivity index is 1.72. The van der Waals surface area contributed by atoms with E-state index >= 15 is 0 Å². The molecule has 0 saturated heterocycles. The molecule has 1 aromatic heterocycles. The monoisotopic (exact) mass is 423 g/mol. The number of benzene rings is 2. The number of hydrogen-bond donors (Lipinski definition) is 1. The Morgan fingerprint density at radius 2 is 1.94 bits per heavy atom. The summed E-state index contributed by atoms with van der Waals surface area (Å²) < 4.78 is 21.7. The molecule has 31 heavy (non-hydrogen) atoms. The first-order valence-corrected chi connectivity index (χ1v) is 9.95. The lowest BCUT2D eigenvalue weighted by atomic mass is 9.99. The summed E-state index contributed by atoms with van der Waals surface area (Å²) in [6.45, 7) is 3.33. The number of nitrogens with zero attached hydrogens (tertiary/aromatic N) is 2. The van der Waals surface area contributed by atoms with Gasteiger partial charge in [-0.3, -0.25) is 4.79 Å². The van der Waals surface area contributed by atoms with Gasteiger partial charge >= 0.3 is 0 Å². The van der Waals surface area contributed by atoms with Gasteiger partial charge in [0.15, 0.2) is 17.2 Å². The van der Waals surface area contributed by atoms with E-state index < -0.39 is 0 Å². The fraction of sp³-hybridized carbons (Fsp3) is 0.304. The van der Waals surface area contributed by atoms with E-state index in [0.29, 0.717) is 40.9 Å². The maximum atomic E-state index is 13.1. The highest BCUT2D eigenvalue weighted by atomic mass is 16.5. The molecular weight excluding hydrogens is 398 g/mol. The largest absolute Gasteiger partial charge is 0.493 e. The molecule has 4 rings (SSSR count). The van der Waals surface area contributed by atoms with Crippen molar-refractivity contribution in [3.05, 3.63) is 53.4 Å². The van der Waals surface area contributed by atoms with Gasteiger partial charge in [0.1, 0.15) is 18.1 Å². The number of methoxy groups -OCH3 is 2. The molecule has 0 fully saturated rings. The molecule has 8 nitrogen and oxygen atoms in total. The van der Waals surface area contributed by atoms with Crippen molar-refractivity contribution < 1.29 is 23.5 Å². The zero-order valence-corrected chi connectivity index (χ0v) is 18.0. The zero-order chi connectivity index (χ0) is 22.0. The minimum atomic E-state index is -0.241. The molecule has 0 radical (unpaired) electrons. The fourth-order valence-corrected chi connectivity index (χ4v) is 3.57. The molecule has 0 bridgehead atoms. The minimum absolute atomic E-state index is 0.241. The van der Waals surface area contributed by atoms with Gasteiger partial charge in [0.25, 0.3) is 5.91 Å². The number of amides is 1. The summed E-state index contributed by atoms with van der Waals surface area (Å²) in [6, 6.07) is 11.3. The summed E-state index contributed by atoms with van der Waals surface area (Å²) in [5.41, 5.74) is 3.77. The van der Waals surface area contributed by atoms with Gasteiger partial charge in [-0.1, -0.05) is 11.2 Å². The number of hydrogen-bond acceptors (Lipinski definition) is 7. The van der Waals surface area contributed by atoms with E-state index in [2.05, 4.69) is 15.4 Å². The van der Waals surface area contributed by atoms with Crippen LogP contribution in [0.25, 0.3) is 11.1 Å². The standard InChI is InChI=1S/C23H25N3O5/c1-14-9-17(25-31-14)13-24-23(27)18-10-16(11-19-22(18)30-8-7-26(19)2)15-5-6-20(28-3)21(12-15)29-4/h5-6,9-12H,7-8,13H2,1-4H3,(H,24,27). The maximum Gasteiger partial charge on any atom is 0.255 e. The van der Waals surface area contributed by atoms with Crippen LogP contribution in [0.15, 0.2) is 40.9 Å². The number of likely N-dealkylation sites (N-methyl/N-ethyl adjacent to an activating group) is 1. The van der Waals surface area contributed by atoms with Gasteiger partial charge in [0.2, 0.25) is 0 Å². The lowest BCUT2D eigenvalue weighted by molar-refractivity contribution is 0.0946. The number of ether oxygens (including phenoxy) is 3. The normalized spacial score (nSPS) is 12.7. The molecule has 162 valence electrons. The summed E-state index contributed by atoms with van der Waals surface area (Å²) in [4.78, 5) is 15.2. The minimum Gasteiger partial charge on any atom is -0.493 e. The first-order chi connectivity index (χ1) is 15.0. The number of nitrogens with one attached hydrogen (secondary N) is 1. The van der Waals surface area contributed by atoms with Crippen LogP contribution in [0.2, 0.25) is 0 Å². The molecule has 8 heteroatoms. The van der Waals surface area contributed by atoms with Crippen LogP contribution in [-0.4, -0.2) is 45.5 Å². The second-order valence-corrected chi connectivity index (χ2v) is 7.32. The molecule has 0 unspecified atom stereocenters. The highest BCUT2D eigenvalue weighted by Gasteiger charge is 2.24. The molecule has 3 aromatic rings. The van der Waals surface area contributed by atoms with E-state index in [9.17, 15) is 4.79 Å². The number of aryl methyl sites for hydroxylation is 1. The van der Waals surface area contributed by atoms with Gasteiger partial charge in [0.05, 0.1) is 38.6 Å². The molecule has 1 aliphatic heterocycles. The second kappa shape index (κ2) is 8.59. The molecule has 2 aromatic carbocycles. The first-order valence-electron chi connectivity index (χ1n) is 9.95. The molecule has 2 heterocycles. The van der Waals surface area contributed by atoms with Crippen molar-refractivity contribution in [3.63, 3.8) is 0 Å². The van der Waals surface area contributed by atoms with E-state index in [1.54, 1.807) is 20.3 Å². The molecule has 1 aliphatic rings. The Morgan fingerprint density at radius 3 is 2.65 bits per heavy atom. The summed E-state index contributed by atoms with van der Waals surface area (Å²) in [6.07, 6.45) is 0. The molecule has 1 amide bonds. The topological polar surface area (TPSA) is 86.1 Å². The van der Waals surface area contributed by atoms with Crippen LogP contribution in [0.1, 0.15) is 21.8 Å². The van der Waals surface area contributed by atoms with Crippen molar-refractivity contribution in [2.75, 3.05) is 39.3 Å². The van der Waals surface area contributed by atoms with Crippen molar-refractivity contribution in [1.82, 2.24) is 10.5 Å². The van der Waals surface area contributed by atoms with E-state index in [1.165, 1.54) is 0 Å². The van der Waals surface area contributed by atoms with Crippen molar-refractivity contribution >= 4 is 11.6 Å². The van der Waals surface area contributed by atoms with Gasteiger partial charge in [-0.15, -0.1) is 0 Å². The van der Waals surface area contributed by atoms with E-state index in [1.807, 2.05) is 44.3 Å². The second-order valence-electron chi connectivity index (χ2n) is 7.32. The van der Waals surface area contributed by atoms with Crippen LogP contribution in [0, 0.1) is 6.92 Å². The van der Waals surface area contributed by atoms with Crippen LogP contribution < -0.4 is 24.4 Å². The average Bonchev–Trinajstić information content (AvgIpc) is 3.21. The molecule has 0 saturated carbocycles. The number of aromatic nitrogens is 1. The third-order valence-corrected chi connectivity index (χ3v) is 5.22. The maximum absolute atomic E-state index is 13.1. The van der Waals surface area contributed by atoms with Crippen LogP contribution >= 0.6 is 0 Å². The third kappa shape index (κ3) is 4.14. The van der Waals surface area contributed by atoms with Crippen LogP contribution in [0.5, 0.6) is 17.2 Å².